The molecule has 2 N–H and O–H groups in total. The Bertz CT molecular complexity index is 336. The summed E-state index contributed by atoms with van der Waals surface area (Å²) >= 11 is 0. The van der Waals surface area contributed by atoms with Crippen LogP contribution in [0, 0.1) is 10.8 Å². The molecule has 1 amide bonds. The third kappa shape index (κ3) is 5.82. The first kappa shape index (κ1) is 17.5. The van der Waals surface area contributed by atoms with Crippen LogP contribution in [0.5, 0.6) is 0 Å². The number of carbonyl (C=O) groups excluding carboxylic acids is 1. The van der Waals surface area contributed by atoms with Gasteiger partial charge in [0.25, 0.3) is 0 Å². The van der Waals surface area contributed by atoms with Gasteiger partial charge in [-0.15, -0.1) is 0 Å². The van der Waals surface area contributed by atoms with Crippen molar-refractivity contribution in [2.75, 3.05) is 0 Å². The summed E-state index contributed by atoms with van der Waals surface area (Å²) < 4.78 is 0. The van der Waals surface area contributed by atoms with E-state index >= 15 is 0 Å². The largest absolute Gasteiger partial charge is 0.350 e. The molecular weight excluding hydrogens is 248 g/mol. The number of hydrogen-bond donors (Lipinski definition) is 2. The van der Waals surface area contributed by atoms with Gasteiger partial charge in [-0.25, -0.2) is 0 Å². The molecule has 20 heavy (non-hydrogen) atoms. The van der Waals surface area contributed by atoms with Gasteiger partial charge in [0.2, 0.25) is 5.91 Å². The summed E-state index contributed by atoms with van der Waals surface area (Å²) in [5, 5.41) is 6.59. The van der Waals surface area contributed by atoms with Gasteiger partial charge in [-0.2, -0.15) is 0 Å². The van der Waals surface area contributed by atoms with Crippen molar-refractivity contribution in [1.29, 1.82) is 0 Å². The fourth-order valence-corrected chi connectivity index (χ4v) is 3.87. The predicted octanol–water partition coefficient (Wildman–Crippen LogP) is 3.48. The average Bonchev–Trinajstić information content (AvgIpc) is 2.08. The van der Waals surface area contributed by atoms with Gasteiger partial charge in [-0.3, -0.25) is 4.79 Å². The zero-order chi connectivity index (χ0) is 15.8. The van der Waals surface area contributed by atoms with E-state index in [0.29, 0.717) is 16.9 Å². The molecule has 3 heteroatoms. The molecule has 0 spiro atoms. The van der Waals surface area contributed by atoms with Crippen molar-refractivity contribution < 1.29 is 4.79 Å². The molecule has 0 heterocycles. The maximum Gasteiger partial charge on any atom is 0.237 e. The highest BCUT2D eigenvalue weighted by Crippen LogP contribution is 2.45. The molecule has 1 fully saturated rings. The topological polar surface area (TPSA) is 41.1 Å². The van der Waals surface area contributed by atoms with Gasteiger partial charge in [-0.05, 0) is 57.8 Å². The van der Waals surface area contributed by atoms with Gasteiger partial charge in [0, 0.05) is 11.6 Å². The molecule has 1 aliphatic carbocycles. The minimum Gasteiger partial charge on any atom is -0.350 e. The lowest BCUT2D eigenvalue weighted by Crippen LogP contribution is -2.54. The van der Waals surface area contributed by atoms with E-state index in [2.05, 4.69) is 38.3 Å². The van der Waals surface area contributed by atoms with Crippen LogP contribution in [0.15, 0.2) is 0 Å². The van der Waals surface area contributed by atoms with Crippen LogP contribution in [-0.4, -0.2) is 23.5 Å². The Kier molecular flexibility index (Phi) is 4.95. The first-order valence-electron chi connectivity index (χ1n) is 7.88. The summed E-state index contributed by atoms with van der Waals surface area (Å²) in [7, 11) is 0. The molecule has 0 saturated heterocycles. The number of rotatable bonds is 3. The molecule has 1 atom stereocenters. The third-order valence-electron chi connectivity index (χ3n) is 3.93. The van der Waals surface area contributed by atoms with Crippen molar-refractivity contribution in [2.45, 2.75) is 92.3 Å². The van der Waals surface area contributed by atoms with Gasteiger partial charge < -0.3 is 10.6 Å². The minimum absolute atomic E-state index is 0.0960. The highest BCUT2D eigenvalue weighted by molar-refractivity contribution is 5.81. The first-order valence-corrected chi connectivity index (χ1v) is 7.88. The van der Waals surface area contributed by atoms with E-state index in [4.69, 9.17) is 0 Å². The molecule has 0 aromatic heterocycles. The summed E-state index contributed by atoms with van der Waals surface area (Å²) in [6.07, 6.45) is 3.54. The van der Waals surface area contributed by atoms with E-state index in [0.717, 1.165) is 12.8 Å². The van der Waals surface area contributed by atoms with Crippen LogP contribution in [0.25, 0.3) is 0 Å². The molecule has 0 radical (unpaired) electrons. The summed E-state index contributed by atoms with van der Waals surface area (Å²) in [4.78, 5) is 12.2. The van der Waals surface area contributed by atoms with Crippen molar-refractivity contribution in [3.63, 3.8) is 0 Å². The maximum absolute atomic E-state index is 12.2. The Morgan fingerprint density at radius 2 is 1.55 bits per heavy atom. The first-order chi connectivity index (χ1) is 8.80. The fraction of sp³-hybridized carbons (Fsp3) is 0.941. The molecule has 1 unspecified atom stereocenters. The van der Waals surface area contributed by atoms with Crippen molar-refractivity contribution in [3.05, 3.63) is 0 Å². The monoisotopic (exact) mass is 282 g/mol. The van der Waals surface area contributed by atoms with Crippen molar-refractivity contribution in [2.24, 2.45) is 10.8 Å². The van der Waals surface area contributed by atoms with Crippen LogP contribution in [-0.2, 0) is 4.79 Å². The fourth-order valence-electron chi connectivity index (χ4n) is 3.87. The van der Waals surface area contributed by atoms with E-state index in [1.165, 1.54) is 6.42 Å². The van der Waals surface area contributed by atoms with Crippen LogP contribution in [0.1, 0.15) is 74.7 Å². The Morgan fingerprint density at radius 1 is 1.10 bits per heavy atom. The molecule has 1 rings (SSSR count). The van der Waals surface area contributed by atoms with Crippen LogP contribution >= 0.6 is 0 Å². The quantitative estimate of drug-likeness (QED) is 0.832. The second-order valence-electron chi connectivity index (χ2n) is 9.24. The Labute approximate surface area is 125 Å². The molecule has 0 bridgehead atoms. The number of carbonyl (C=O) groups is 1. The summed E-state index contributed by atoms with van der Waals surface area (Å²) in [6, 6.07) is 0.290. The zero-order valence-electron chi connectivity index (χ0n) is 14.7. The molecule has 0 aromatic rings. The number of nitrogens with one attached hydrogen (secondary N) is 2. The van der Waals surface area contributed by atoms with E-state index in [9.17, 15) is 4.79 Å². The van der Waals surface area contributed by atoms with E-state index in [1.54, 1.807) is 0 Å². The predicted molar refractivity (Wildman–Crippen MR) is 85.7 cm³/mol. The van der Waals surface area contributed by atoms with Crippen molar-refractivity contribution in [3.8, 4) is 0 Å². The highest BCUT2D eigenvalue weighted by Gasteiger charge is 2.39. The van der Waals surface area contributed by atoms with Crippen LogP contribution in [0.4, 0.5) is 0 Å². The van der Waals surface area contributed by atoms with E-state index in [-0.39, 0.29) is 17.5 Å². The molecule has 118 valence electrons. The molecule has 3 nitrogen and oxygen atoms in total. The normalized spacial score (nSPS) is 24.2. The van der Waals surface area contributed by atoms with Crippen molar-refractivity contribution >= 4 is 5.91 Å². The average molecular weight is 282 g/mol. The smallest absolute Gasteiger partial charge is 0.237 e. The zero-order valence-corrected chi connectivity index (χ0v) is 14.7. The molecule has 0 aromatic carbocycles. The number of hydrogen-bond acceptors (Lipinski definition) is 2. The highest BCUT2D eigenvalue weighted by atomic mass is 16.2. The summed E-state index contributed by atoms with van der Waals surface area (Å²) in [5.41, 5.74) is 0.525. The van der Waals surface area contributed by atoms with E-state index < -0.39 is 0 Å². The maximum atomic E-state index is 12.2. The molecule has 0 aliphatic heterocycles. The third-order valence-corrected chi connectivity index (χ3v) is 3.93. The van der Waals surface area contributed by atoms with Gasteiger partial charge >= 0.3 is 0 Å². The van der Waals surface area contributed by atoms with Crippen LogP contribution in [0.2, 0.25) is 0 Å². The minimum atomic E-state index is -0.169. The summed E-state index contributed by atoms with van der Waals surface area (Å²) in [5.74, 6) is 0.0960. The molecule has 1 saturated carbocycles. The van der Waals surface area contributed by atoms with Crippen LogP contribution < -0.4 is 10.6 Å². The lowest BCUT2D eigenvalue weighted by Gasteiger charge is -2.46. The van der Waals surface area contributed by atoms with Gasteiger partial charge in [0.05, 0.1) is 6.04 Å². The lowest BCUT2D eigenvalue weighted by atomic mass is 9.63. The van der Waals surface area contributed by atoms with Crippen LogP contribution in [0.3, 0.4) is 0 Å². The standard InChI is InChI=1S/C17H34N2O/c1-12(14(20)19-15(2,3)4)18-13-9-16(5,6)11-17(7,8)10-13/h12-13,18H,9-11H2,1-8H3,(H,19,20). The lowest BCUT2D eigenvalue weighted by molar-refractivity contribution is -0.124. The van der Waals surface area contributed by atoms with Gasteiger partial charge in [0.15, 0.2) is 0 Å². The Hall–Kier alpha value is -0.570. The molecule has 1 aliphatic rings. The SMILES string of the molecule is CC(NC1CC(C)(C)CC(C)(C)C1)C(=O)NC(C)(C)C. The number of amides is 1. The second kappa shape index (κ2) is 5.67. The molecular formula is C17H34N2O. The van der Waals surface area contributed by atoms with Crippen molar-refractivity contribution in [1.82, 2.24) is 10.6 Å². The Balaban J connectivity index is 2.61. The summed E-state index contributed by atoms with van der Waals surface area (Å²) in [6.45, 7) is 17.4. The van der Waals surface area contributed by atoms with Gasteiger partial charge in [0.1, 0.15) is 0 Å². The van der Waals surface area contributed by atoms with Gasteiger partial charge in [-0.1, -0.05) is 27.7 Å². The Morgan fingerprint density at radius 3 is 1.95 bits per heavy atom. The van der Waals surface area contributed by atoms with E-state index in [1.807, 2.05) is 27.7 Å². The second-order valence-corrected chi connectivity index (χ2v) is 9.24.